The van der Waals surface area contributed by atoms with Gasteiger partial charge in [-0.15, -0.1) is 0 Å². The Morgan fingerprint density at radius 1 is 1.38 bits per heavy atom. The number of benzene rings is 1. The maximum absolute atomic E-state index is 12.2. The molecule has 0 fully saturated rings. The van der Waals surface area contributed by atoms with Gasteiger partial charge in [0.15, 0.2) is 0 Å². The van der Waals surface area contributed by atoms with Crippen molar-refractivity contribution in [2.75, 3.05) is 10.6 Å². The van der Waals surface area contributed by atoms with Crippen LogP contribution in [0.3, 0.4) is 0 Å². The summed E-state index contributed by atoms with van der Waals surface area (Å²) in [4.78, 5) is 27.5. The van der Waals surface area contributed by atoms with E-state index in [1.807, 2.05) is 6.92 Å². The number of halogens is 1. The van der Waals surface area contributed by atoms with Crippen molar-refractivity contribution < 1.29 is 9.59 Å². The molecule has 5 nitrogen and oxygen atoms in total. The van der Waals surface area contributed by atoms with E-state index in [1.54, 1.807) is 24.3 Å². The lowest BCUT2D eigenvalue weighted by Gasteiger charge is -2.07. The van der Waals surface area contributed by atoms with Crippen LogP contribution in [0.4, 0.5) is 11.4 Å². The zero-order chi connectivity index (χ0) is 15.0. The quantitative estimate of drug-likeness (QED) is 0.838. The maximum Gasteiger partial charge on any atom is 0.255 e. The van der Waals surface area contributed by atoms with Crippen molar-refractivity contribution in [2.45, 2.75) is 13.3 Å². The molecular formula is C15H12ClN3O2. The van der Waals surface area contributed by atoms with Gasteiger partial charge in [0.2, 0.25) is 5.91 Å². The number of nitrogens with one attached hydrogen (secondary N) is 2. The van der Waals surface area contributed by atoms with Crippen LogP contribution >= 0.6 is 11.6 Å². The molecule has 0 unspecified atom stereocenters. The molecule has 0 aliphatic carbocycles. The molecule has 1 aromatic heterocycles. The Hall–Kier alpha value is -2.40. The Kier molecular flexibility index (Phi) is 3.35. The molecule has 2 heterocycles. The molecule has 106 valence electrons. The normalized spacial score (nSPS) is 12.8. The van der Waals surface area contributed by atoms with Gasteiger partial charge in [-0.05, 0) is 42.3 Å². The van der Waals surface area contributed by atoms with Crippen LogP contribution in [0.5, 0.6) is 0 Å². The fourth-order valence-corrected chi connectivity index (χ4v) is 2.30. The number of carbonyl (C=O) groups excluding carboxylic acids is 2. The third-order valence-corrected chi connectivity index (χ3v) is 3.66. The van der Waals surface area contributed by atoms with Gasteiger partial charge in [0.1, 0.15) is 5.15 Å². The second-order valence-electron chi connectivity index (χ2n) is 4.88. The van der Waals surface area contributed by atoms with E-state index in [0.717, 1.165) is 16.8 Å². The highest BCUT2D eigenvalue weighted by atomic mass is 35.5. The molecule has 2 aromatic rings. The minimum atomic E-state index is -0.249. The second-order valence-corrected chi connectivity index (χ2v) is 5.24. The molecule has 0 spiro atoms. The Balaban J connectivity index is 1.81. The van der Waals surface area contributed by atoms with E-state index in [1.165, 1.54) is 6.20 Å². The lowest BCUT2D eigenvalue weighted by atomic mass is 10.1. The molecule has 1 aliphatic heterocycles. The monoisotopic (exact) mass is 301 g/mol. The Bertz CT molecular complexity index is 759. The molecular weight excluding hydrogens is 290 g/mol. The number of aryl methyl sites for hydroxylation is 1. The predicted octanol–water partition coefficient (Wildman–Crippen LogP) is 2.79. The first-order chi connectivity index (χ1) is 10.0. The molecule has 3 rings (SSSR count). The zero-order valence-electron chi connectivity index (χ0n) is 11.2. The van der Waals surface area contributed by atoms with E-state index in [-0.39, 0.29) is 11.8 Å². The number of aromatic nitrogens is 1. The number of anilines is 2. The third kappa shape index (κ3) is 2.73. The molecule has 0 radical (unpaired) electrons. The number of pyridine rings is 1. The first-order valence-electron chi connectivity index (χ1n) is 6.39. The number of fused-ring (bicyclic) bond motifs is 1. The molecule has 0 bridgehead atoms. The molecule has 6 heteroatoms. The SMILES string of the molecule is Cc1cc(NC(=O)c2ccc3c(c2)CC(=O)N3)cnc1Cl. The van der Waals surface area contributed by atoms with Crippen molar-refractivity contribution in [2.24, 2.45) is 0 Å². The van der Waals surface area contributed by atoms with Gasteiger partial charge in [0.25, 0.3) is 5.91 Å². The summed E-state index contributed by atoms with van der Waals surface area (Å²) >= 11 is 5.85. The topological polar surface area (TPSA) is 71.1 Å². The first kappa shape index (κ1) is 13.6. The van der Waals surface area contributed by atoms with E-state index < -0.39 is 0 Å². The van der Waals surface area contributed by atoms with Crippen molar-refractivity contribution in [1.29, 1.82) is 0 Å². The summed E-state index contributed by atoms with van der Waals surface area (Å²) in [5.41, 5.74) is 3.46. The van der Waals surface area contributed by atoms with Crippen molar-refractivity contribution >= 4 is 34.8 Å². The van der Waals surface area contributed by atoms with Gasteiger partial charge in [0.05, 0.1) is 18.3 Å². The van der Waals surface area contributed by atoms with Gasteiger partial charge in [-0.2, -0.15) is 0 Å². The Morgan fingerprint density at radius 3 is 2.95 bits per heavy atom. The van der Waals surface area contributed by atoms with Crippen LogP contribution in [0.25, 0.3) is 0 Å². The van der Waals surface area contributed by atoms with Gasteiger partial charge in [-0.1, -0.05) is 11.6 Å². The minimum absolute atomic E-state index is 0.0555. The van der Waals surface area contributed by atoms with Crippen LogP contribution in [0.15, 0.2) is 30.5 Å². The smallest absolute Gasteiger partial charge is 0.255 e. The van der Waals surface area contributed by atoms with Crippen LogP contribution in [0.2, 0.25) is 5.15 Å². The van der Waals surface area contributed by atoms with Crippen molar-refractivity contribution in [3.8, 4) is 0 Å². The highest BCUT2D eigenvalue weighted by Gasteiger charge is 2.19. The first-order valence-corrected chi connectivity index (χ1v) is 6.77. The highest BCUT2D eigenvalue weighted by molar-refractivity contribution is 6.30. The van der Waals surface area contributed by atoms with Gasteiger partial charge in [-0.3, -0.25) is 9.59 Å². The summed E-state index contributed by atoms with van der Waals surface area (Å²) in [7, 11) is 0. The van der Waals surface area contributed by atoms with Crippen molar-refractivity contribution in [1.82, 2.24) is 4.98 Å². The second kappa shape index (κ2) is 5.18. The molecule has 1 aromatic carbocycles. The van der Waals surface area contributed by atoms with E-state index in [4.69, 9.17) is 11.6 Å². The third-order valence-electron chi connectivity index (χ3n) is 3.26. The van der Waals surface area contributed by atoms with Gasteiger partial charge in [-0.25, -0.2) is 4.98 Å². The van der Waals surface area contributed by atoms with Crippen LogP contribution in [-0.2, 0) is 11.2 Å². The average Bonchev–Trinajstić information content (AvgIpc) is 2.82. The number of carbonyl (C=O) groups is 2. The molecule has 2 amide bonds. The van der Waals surface area contributed by atoms with Crippen molar-refractivity contribution in [3.05, 3.63) is 52.3 Å². The number of hydrogen-bond donors (Lipinski definition) is 2. The van der Waals surface area contributed by atoms with Gasteiger partial charge < -0.3 is 10.6 Å². The predicted molar refractivity (Wildman–Crippen MR) is 80.7 cm³/mol. The van der Waals surface area contributed by atoms with E-state index >= 15 is 0 Å². The zero-order valence-corrected chi connectivity index (χ0v) is 12.0. The van der Waals surface area contributed by atoms with E-state index in [0.29, 0.717) is 22.8 Å². The molecule has 1 aliphatic rings. The fraction of sp³-hybridized carbons (Fsp3) is 0.133. The summed E-state index contributed by atoms with van der Waals surface area (Å²) in [5.74, 6) is -0.305. The standard InChI is InChI=1S/C15H12ClN3O2/c1-8-4-11(7-17-14(8)16)18-15(21)9-2-3-12-10(5-9)6-13(20)19-12/h2-5,7H,6H2,1H3,(H,18,21)(H,19,20). The minimum Gasteiger partial charge on any atom is -0.326 e. The van der Waals surface area contributed by atoms with Crippen LogP contribution in [0.1, 0.15) is 21.5 Å². The molecule has 0 saturated carbocycles. The summed E-state index contributed by atoms with van der Waals surface area (Å²) in [6.07, 6.45) is 1.81. The average molecular weight is 302 g/mol. The summed E-state index contributed by atoms with van der Waals surface area (Å²) in [6, 6.07) is 6.89. The van der Waals surface area contributed by atoms with E-state index in [9.17, 15) is 9.59 Å². The summed E-state index contributed by atoms with van der Waals surface area (Å²) in [6.45, 7) is 1.82. The van der Waals surface area contributed by atoms with Gasteiger partial charge >= 0.3 is 0 Å². The summed E-state index contributed by atoms with van der Waals surface area (Å²) < 4.78 is 0. The molecule has 0 atom stereocenters. The number of amides is 2. The maximum atomic E-state index is 12.2. The lowest BCUT2D eigenvalue weighted by molar-refractivity contribution is -0.115. The van der Waals surface area contributed by atoms with E-state index in [2.05, 4.69) is 15.6 Å². The Labute approximate surface area is 126 Å². The van der Waals surface area contributed by atoms with Crippen LogP contribution in [0, 0.1) is 6.92 Å². The molecule has 0 saturated heterocycles. The Morgan fingerprint density at radius 2 is 2.19 bits per heavy atom. The fourth-order valence-electron chi connectivity index (χ4n) is 2.20. The number of nitrogens with zero attached hydrogens (tertiary/aromatic N) is 1. The van der Waals surface area contributed by atoms with Crippen LogP contribution in [-0.4, -0.2) is 16.8 Å². The van der Waals surface area contributed by atoms with Crippen molar-refractivity contribution in [3.63, 3.8) is 0 Å². The number of rotatable bonds is 2. The summed E-state index contributed by atoms with van der Waals surface area (Å²) in [5, 5.41) is 5.91. The molecule has 2 N–H and O–H groups in total. The molecule has 21 heavy (non-hydrogen) atoms. The number of hydrogen-bond acceptors (Lipinski definition) is 3. The largest absolute Gasteiger partial charge is 0.326 e. The lowest BCUT2D eigenvalue weighted by Crippen LogP contribution is -2.12. The highest BCUT2D eigenvalue weighted by Crippen LogP contribution is 2.24. The van der Waals surface area contributed by atoms with Gasteiger partial charge in [0, 0.05) is 11.3 Å². The van der Waals surface area contributed by atoms with Crippen LogP contribution < -0.4 is 10.6 Å².